The highest BCUT2D eigenvalue weighted by atomic mass is 16.4. The number of aryl methyl sites for hydroxylation is 1. The number of aliphatic carboxylic acids is 1. The molecule has 1 N–H and O–H groups in total. The average molecular weight is 258 g/mol. The molecule has 0 atom stereocenters. The van der Waals surface area contributed by atoms with E-state index in [0.29, 0.717) is 6.42 Å². The highest BCUT2D eigenvalue weighted by Gasteiger charge is 2.28. The van der Waals surface area contributed by atoms with Crippen LogP contribution in [0.4, 0.5) is 0 Å². The Kier molecular flexibility index (Phi) is 3.42. The van der Waals surface area contributed by atoms with Crippen LogP contribution in [0.15, 0.2) is 36.4 Å². The van der Waals surface area contributed by atoms with Gasteiger partial charge in [-0.2, -0.15) is 5.10 Å². The van der Waals surface area contributed by atoms with Crippen molar-refractivity contribution < 1.29 is 9.90 Å². The van der Waals surface area contributed by atoms with E-state index in [1.54, 1.807) is 18.5 Å². The van der Waals surface area contributed by atoms with Gasteiger partial charge in [-0.3, -0.25) is 9.48 Å². The predicted molar refractivity (Wildman–Crippen MR) is 73.8 cm³/mol. The molecule has 1 aromatic carbocycles. The van der Waals surface area contributed by atoms with Crippen molar-refractivity contribution in [2.75, 3.05) is 0 Å². The molecule has 0 saturated heterocycles. The molecule has 2 aromatic rings. The number of carboxylic acids is 1. The molecule has 0 amide bonds. The van der Waals surface area contributed by atoms with Crippen molar-refractivity contribution in [1.82, 2.24) is 9.78 Å². The molecule has 0 bridgehead atoms. The normalized spacial score (nSPS) is 11.5. The van der Waals surface area contributed by atoms with E-state index >= 15 is 0 Å². The van der Waals surface area contributed by atoms with Gasteiger partial charge in [0.25, 0.3) is 0 Å². The van der Waals surface area contributed by atoms with Crippen LogP contribution in [0.25, 0.3) is 11.3 Å². The summed E-state index contributed by atoms with van der Waals surface area (Å²) in [5.41, 5.74) is 2.05. The minimum Gasteiger partial charge on any atom is -0.481 e. The van der Waals surface area contributed by atoms with E-state index in [-0.39, 0.29) is 0 Å². The Morgan fingerprint density at radius 3 is 2.53 bits per heavy atom. The van der Waals surface area contributed by atoms with Crippen molar-refractivity contribution in [2.45, 2.75) is 20.3 Å². The van der Waals surface area contributed by atoms with Crippen LogP contribution in [-0.2, 0) is 18.3 Å². The van der Waals surface area contributed by atoms with E-state index in [0.717, 1.165) is 17.0 Å². The highest BCUT2D eigenvalue weighted by Crippen LogP contribution is 2.25. The number of carbonyl (C=O) groups is 1. The van der Waals surface area contributed by atoms with Gasteiger partial charge < -0.3 is 5.11 Å². The molecule has 0 saturated carbocycles. The van der Waals surface area contributed by atoms with Crippen molar-refractivity contribution in [3.63, 3.8) is 0 Å². The van der Waals surface area contributed by atoms with Gasteiger partial charge in [-0.05, 0) is 19.9 Å². The number of nitrogens with zero attached hydrogens (tertiary/aromatic N) is 2. The van der Waals surface area contributed by atoms with Crippen LogP contribution < -0.4 is 0 Å². The Bertz CT molecular complexity index is 585. The van der Waals surface area contributed by atoms with Crippen molar-refractivity contribution in [3.05, 3.63) is 42.1 Å². The molecule has 0 aliphatic carbocycles. The van der Waals surface area contributed by atoms with E-state index in [1.807, 2.05) is 43.4 Å². The zero-order valence-corrected chi connectivity index (χ0v) is 11.4. The van der Waals surface area contributed by atoms with Crippen molar-refractivity contribution in [2.24, 2.45) is 12.5 Å². The molecule has 100 valence electrons. The quantitative estimate of drug-likeness (QED) is 0.917. The van der Waals surface area contributed by atoms with E-state index in [4.69, 9.17) is 0 Å². The van der Waals surface area contributed by atoms with E-state index in [1.165, 1.54) is 0 Å². The molecule has 2 rings (SSSR count). The Morgan fingerprint density at radius 2 is 1.95 bits per heavy atom. The van der Waals surface area contributed by atoms with E-state index in [9.17, 15) is 9.90 Å². The maximum atomic E-state index is 11.2. The molecular weight excluding hydrogens is 240 g/mol. The zero-order chi connectivity index (χ0) is 14.0. The van der Waals surface area contributed by atoms with Gasteiger partial charge in [0.2, 0.25) is 0 Å². The van der Waals surface area contributed by atoms with Crippen LogP contribution in [0.2, 0.25) is 0 Å². The van der Waals surface area contributed by atoms with Gasteiger partial charge in [-0.25, -0.2) is 0 Å². The summed E-state index contributed by atoms with van der Waals surface area (Å²) in [6.45, 7) is 3.45. The summed E-state index contributed by atoms with van der Waals surface area (Å²) in [5, 5.41) is 13.6. The summed E-state index contributed by atoms with van der Waals surface area (Å²) in [7, 11) is 1.85. The third-order valence-corrected chi connectivity index (χ3v) is 3.25. The van der Waals surface area contributed by atoms with Crippen LogP contribution in [0.5, 0.6) is 0 Å². The fraction of sp³-hybridized carbons (Fsp3) is 0.333. The molecule has 0 aliphatic heterocycles. The second-order valence-corrected chi connectivity index (χ2v) is 5.38. The van der Waals surface area contributed by atoms with Crippen molar-refractivity contribution in [1.29, 1.82) is 0 Å². The Hall–Kier alpha value is -2.10. The summed E-state index contributed by atoms with van der Waals surface area (Å²) >= 11 is 0. The second kappa shape index (κ2) is 4.88. The maximum absolute atomic E-state index is 11.2. The van der Waals surface area contributed by atoms with Crippen molar-refractivity contribution in [3.8, 4) is 11.3 Å². The van der Waals surface area contributed by atoms with Crippen LogP contribution in [0.1, 0.15) is 19.5 Å². The molecule has 0 spiro atoms. The SMILES string of the molecule is Cn1nc(-c2ccccc2)cc1CC(C)(C)C(=O)O. The first kappa shape index (κ1) is 13.3. The summed E-state index contributed by atoms with van der Waals surface area (Å²) in [6, 6.07) is 11.8. The fourth-order valence-electron chi connectivity index (χ4n) is 1.95. The van der Waals surface area contributed by atoms with Crippen LogP contribution in [0.3, 0.4) is 0 Å². The monoisotopic (exact) mass is 258 g/mol. The van der Waals surface area contributed by atoms with Gasteiger partial charge in [-0.15, -0.1) is 0 Å². The lowest BCUT2D eigenvalue weighted by atomic mass is 9.88. The summed E-state index contributed by atoms with van der Waals surface area (Å²) in [5.74, 6) is -0.796. The molecule has 4 heteroatoms. The minimum atomic E-state index is -0.796. The summed E-state index contributed by atoms with van der Waals surface area (Å²) in [4.78, 5) is 11.2. The smallest absolute Gasteiger partial charge is 0.309 e. The average Bonchev–Trinajstić information content (AvgIpc) is 2.71. The van der Waals surface area contributed by atoms with Crippen LogP contribution in [-0.4, -0.2) is 20.9 Å². The maximum Gasteiger partial charge on any atom is 0.309 e. The van der Waals surface area contributed by atoms with Gasteiger partial charge in [0, 0.05) is 24.7 Å². The largest absolute Gasteiger partial charge is 0.481 e. The van der Waals surface area contributed by atoms with Gasteiger partial charge in [0.15, 0.2) is 0 Å². The highest BCUT2D eigenvalue weighted by molar-refractivity contribution is 5.74. The fourth-order valence-corrected chi connectivity index (χ4v) is 1.95. The van der Waals surface area contributed by atoms with Crippen molar-refractivity contribution >= 4 is 5.97 Å². The van der Waals surface area contributed by atoms with Crippen LogP contribution >= 0.6 is 0 Å². The lowest BCUT2D eigenvalue weighted by molar-refractivity contribution is -0.146. The molecular formula is C15H18N2O2. The second-order valence-electron chi connectivity index (χ2n) is 5.38. The Morgan fingerprint density at radius 1 is 1.32 bits per heavy atom. The summed E-state index contributed by atoms with van der Waals surface area (Å²) in [6.07, 6.45) is 0.457. The standard InChI is InChI=1S/C15H18N2O2/c1-15(2,14(18)19)10-12-9-13(16-17(12)3)11-7-5-4-6-8-11/h4-9H,10H2,1-3H3,(H,18,19). The molecule has 0 fully saturated rings. The number of rotatable bonds is 4. The number of hydrogen-bond acceptors (Lipinski definition) is 2. The van der Waals surface area contributed by atoms with Gasteiger partial charge in [0.05, 0.1) is 11.1 Å². The Balaban J connectivity index is 2.30. The van der Waals surface area contributed by atoms with Crippen LogP contribution in [0, 0.1) is 5.41 Å². The number of hydrogen-bond donors (Lipinski definition) is 1. The molecule has 0 aliphatic rings. The molecule has 19 heavy (non-hydrogen) atoms. The first-order valence-corrected chi connectivity index (χ1v) is 6.22. The topological polar surface area (TPSA) is 55.1 Å². The van der Waals surface area contributed by atoms with E-state index in [2.05, 4.69) is 5.10 Å². The third-order valence-electron chi connectivity index (χ3n) is 3.25. The predicted octanol–water partition coefficient (Wildman–Crippen LogP) is 2.74. The molecule has 1 heterocycles. The first-order valence-electron chi connectivity index (χ1n) is 6.22. The van der Waals surface area contributed by atoms with E-state index < -0.39 is 11.4 Å². The molecule has 0 unspecified atom stereocenters. The minimum absolute atomic E-state index is 0.457. The third kappa shape index (κ3) is 2.84. The van der Waals surface area contributed by atoms with Gasteiger partial charge in [0.1, 0.15) is 0 Å². The number of carboxylic acid groups (broad SMARTS) is 1. The molecule has 4 nitrogen and oxygen atoms in total. The Labute approximate surface area is 112 Å². The molecule has 0 radical (unpaired) electrons. The first-order chi connectivity index (χ1) is 8.90. The summed E-state index contributed by atoms with van der Waals surface area (Å²) < 4.78 is 1.76. The van der Waals surface area contributed by atoms with Gasteiger partial charge >= 0.3 is 5.97 Å². The molecule has 1 aromatic heterocycles. The number of benzene rings is 1. The lowest BCUT2D eigenvalue weighted by Gasteiger charge is -2.18. The van der Waals surface area contributed by atoms with Gasteiger partial charge in [-0.1, -0.05) is 30.3 Å². The number of aromatic nitrogens is 2. The lowest BCUT2D eigenvalue weighted by Crippen LogP contribution is -2.27. The zero-order valence-electron chi connectivity index (χ0n) is 11.4.